The van der Waals surface area contributed by atoms with Gasteiger partial charge in [0.25, 0.3) is 5.92 Å². The van der Waals surface area contributed by atoms with E-state index < -0.39 is 63.0 Å². The number of nitriles is 1. The van der Waals surface area contributed by atoms with E-state index in [9.17, 15) is 37.1 Å². The predicted molar refractivity (Wildman–Crippen MR) is 88.3 cm³/mol. The molecule has 1 heterocycles. The number of hydrogen-bond acceptors (Lipinski definition) is 5. The molecule has 7 nitrogen and oxygen atoms in total. The first-order valence-corrected chi connectivity index (χ1v) is 8.16. The maximum atomic E-state index is 13.9. The summed E-state index contributed by atoms with van der Waals surface area (Å²) in [6, 6.07) is 2.90. The van der Waals surface area contributed by atoms with Crippen molar-refractivity contribution in [1.82, 2.24) is 9.78 Å². The lowest BCUT2D eigenvalue weighted by molar-refractivity contribution is -0.274. The summed E-state index contributed by atoms with van der Waals surface area (Å²) in [4.78, 5) is 11.5. The summed E-state index contributed by atoms with van der Waals surface area (Å²) in [5.74, 6) is -7.06. The van der Waals surface area contributed by atoms with Crippen LogP contribution in [0.1, 0.15) is 17.7 Å². The van der Waals surface area contributed by atoms with E-state index in [2.05, 4.69) is 9.84 Å². The molecule has 1 unspecified atom stereocenters. The standard InChI is InChI=1S/C15H7Cl2F5N4O3/c16-6-1-5(29-15(20,21)22)2-7(17)10(6)26-11(24)9(8(3-23)25-26)13(12(27)28)4-14(13,18)19/h1-2H,4,24H2,(H,27,28). The molecule has 0 spiro atoms. The fraction of sp³-hybridized carbons (Fsp3) is 0.267. The maximum Gasteiger partial charge on any atom is 0.573 e. The summed E-state index contributed by atoms with van der Waals surface area (Å²) in [6.45, 7) is 0. The molecule has 1 aromatic carbocycles. The Kier molecular flexibility index (Phi) is 4.59. The number of rotatable bonds is 4. The van der Waals surface area contributed by atoms with Gasteiger partial charge in [0.1, 0.15) is 23.3 Å². The maximum absolute atomic E-state index is 13.9. The number of nitrogens with zero attached hydrogens (tertiary/aromatic N) is 3. The second-order valence-electron chi connectivity index (χ2n) is 6.01. The minimum absolute atomic E-state index is 0.354. The van der Waals surface area contributed by atoms with Crippen molar-refractivity contribution in [3.63, 3.8) is 0 Å². The van der Waals surface area contributed by atoms with Crippen LogP contribution in [0, 0.1) is 11.3 Å². The molecule has 14 heteroatoms. The molecule has 1 aliphatic carbocycles. The molecule has 154 valence electrons. The van der Waals surface area contributed by atoms with E-state index in [1.807, 2.05) is 0 Å². The van der Waals surface area contributed by atoms with Gasteiger partial charge in [-0.15, -0.1) is 13.2 Å². The van der Waals surface area contributed by atoms with Crippen molar-refractivity contribution >= 4 is 35.0 Å². The number of nitrogens with two attached hydrogens (primary N) is 1. The van der Waals surface area contributed by atoms with Crippen LogP contribution >= 0.6 is 23.2 Å². The van der Waals surface area contributed by atoms with Gasteiger partial charge in [-0.25, -0.2) is 13.5 Å². The largest absolute Gasteiger partial charge is 0.573 e. The van der Waals surface area contributed by atoms with E-state index in [1.165, 1.54) is 6.07 Å². The van der Waals surface area contributed by atoms with Crippen molar-refractivity contribution in [2.75, 3.05) is 5.73 Å². The van der Waals surface area contributed by atoms with Crippen molar-refractivity contribution in [3.8, 4) is 17.5 Å². The normalized spacial score (nSPS) is 20.2. The Morgan fingerprint density at radius 3 is 2.24 bits per heavy atom. The van der Waals surface area contributed by atoms with Crippen LogP contribution in [0.25, 0.3) is 5.69 Å². The number of hydrogen-bond donors (Lipinski definition) is 2. The van der Waals surface area contributed by atoms with E-state index in [4.69, 9.17) is 28.9 Å². The lowest BCUT2D eigenvalue weighted by Gasteiger charge is -2.14. The van der Waals surface area contributed by atoms with E-state index in [1.54, 1.807) is 0 Å². The number of benzene rings is 1. The minimum Gasteiger partial charge on any atom is -0.480 e. The fourth-order valence-electron chi connectivity index (χ4n) is 2.94. The molecule has 0 saturated heterocycles. The molecule has 0 bridgehead atoms. The molecule has 1 aliphatic rings. The Hall–Kier alpha value is -2.78. The van der Waals surface area contributed by atoms with Crippen molar-refractivity contribution in [2.45, 2.75) is 24.1 Å². The highest BCUT2D eigenvalue weighted by molar-refractivity contribution is 6.38. The number of anilines is 1. The van der Waals surface area contributed by atoms with Crippen LogP contribution in [0.2, 0.25) is 10.0 Å². The van der Waals surface area contributed by atoms with Gasteiger partial charge in [0, 0.05) is 18.6 Å². The summed E-state index contributed by atoms with van der Waals surface area (Å²) >= 11 is 11.9. The smallest absolute Gasteiger partial charge is 0.480 e. The van der Waals surface area contributed by atoms with Gasteiger partial charge in [-0.3, -0.25) is 4.79 Å². The SMILES string of the molecule is N#Cc1nn(-c2c(Cl)cc(OC(F)(F)F)cc2Cl)c(N)c1C1(C(=O)O)CC1(F)F. The molecule has 1 saturated carbocycles. The third-order valence-electron chi connectivity index (χ3n) is 4.24. The van der Waals surface area contributed by atoms with Crippen LogP contribution in [0.5, 0.6) is 5.75 Å². The highest BCUT2D eigenvalue weighted by atomic mass is 35.5. The van der Waals surface area contributed by atoms with Crippen molar-refractivity contribution in [1.29, 1.82) is 5.26 Å². The monoisotopic (exact) mass is 456 g/mol. The average Bonchev–Trinajstić information content (AvgIpc) is 2.98. The Labute approximate surface area is 168 Å². The Balaban J connectivity index is 2.19. The molecule has 1 atom stereocenters. The summed E-state index contributed by atoms with van der Waals surface area (Å²) in [5.41, 5.74) is 1.23. The van der Waals surface area contributed by atoms with Gasteiger partial charge < -0.3 is 15.6 Å². The topological polar surface area (TPSA) is 114 Å². The first-order valence-electron chi connectivity index (χ1n) is 7.40. The third kappa shape index (κ3) is 3.20. The van der Waals surface area contributed by atoms with Crippen molar-refractivity contribution in [3.05, 3.63) is 33.4 Å². The number of aliphatic carboxylic acids is 1. The highest BCUT2D eigenvalue weighted by Crippen LogP contribution is 2.63. The van der Waals surface area contributed by atoms with Crippen LogP contribution in [-0.2, 0) is 10.2 Å². The quantitative estimate of drug-likeness (QED) is 0.674. The Bertz CT molecular complexity index is 1060. The van der Waals surface area contributed by atoms with E-state index in [0.29, 0.717) is 16.8 Å². The van der Waals surface area contributed by atoms with E-state index in [0.717, 1.165) is 0 Å². The Morgan fingerprint density at radius 1 is 1.34 bits per heavy atom. The number of carbonyl (C=O) groups is 1. The first kappa shape index (κ1) is 20.9. The summed E-state index contributed by atoms with van der Waals surface area (Å²) < 4.78 is 69.2. The first-order chi connectivity index (χ1) is 13.2. The molecule has 0 amide bonds. The summed E-state index contributed by atoms with van der Waals surface area (Å²) in [6.07, 6.45) is -6.15. The molecule has 1 fully saturated rings. The number of halogens is 7. The second-order valence-corrected chi connectivity index (χ2v) is 6.82. The van der Waals surface area contributed by atoms with Crippen LogP contribution in [-0.4, -0.2) is 33.1 Å². The summed E-state index contributed by atoms with van der Waals surface area (Å²) in [7, 11) is 0. The number of ether oxygens (including phenoxy) is 1. The van der Waals surface area contributed by atoms with Gasteiger partial charge in [-0.1, -0.05) is 23.2 Å². The lowest BCUT2D eigenvalue weighted by atomic mass is 9.95. The Morgan fingerprint density at radius 2 is 1.86 bits per heavy atom. The van der Waals surface area contributed by atoms with Crippen LogP contribution in [0.4, 0.5) is 27.8 Å². The van der Waals surface area contributed by atoms with E-state index in [-0.39, 0.29) is 5.69 Å². The average molecular weight is 457 g/mol. The number of carboxylic acid groups (broad SMARTS) is 1. The van der Waals surface area contributed by atoms with Gasteiger partial charge in [-0.2, -0.15) is 10.4 Å². The number of alkyl halides is 5. The van der Waals surface area contributed by atoms with Gasteiger partial charge in [0.2, 0.25) is 0 Å². The van der Waals surface area contributed by atoms with Crippen LogP contribution in [0.3, 0.4) is 0 Å². The van der Waals surface area contributed by atoms with Crippen LogP contribution in [0.15, 0.2) is 12.1 Å². The molecular weight excluding hydrogens is 450 g/mol. The number of nitrogen functional groups attached to an aromatic ring is 1. The highest BCUT2D eigenvalue weighted by Gasteiger charge is 2.79. The molecule has 29 heavy (non-hydrogen) atoms. The zero-order valence-electron chi connectivity index (χ0n) is 13.7. The van der Waals surface area contributed by atoms with Crippen molar-refractivity contribution < 1.29 is 36.6 Å². The van der Waals surface area contributed by atoms with Gasteiger partial charge in [0.05, 0.1) is 15.6 Å². The molecule has 1 aromatic heterocycles. The summed E-state index contributed by atoms with van der Waals surface area (Å²) in [5, 5.41) is 21.3. The molecule has 0 radical (unpaired) electrons. The molecule has 3 N–H and O–H groups in total. The number of aromatic nitrogens is 2. The second kappa shape index (κ2) is 6.36. The van der Waals surface area contributed by atoms with Gasteiger partial charge in [0.15, 0.2) is 11.1 Å². The van der Waals surface area contributed by atoms with Crippen molar-refractivity contribution in [2.24, 2.45) is 0 Å². The molecule has 0 aliphatic heterocycles. The zero-order valence-corrected chi connectivity index (χ0v) is 15.2. The number of carboxylic acids is 1. The molecule has 3 rings (SSSR count). The zero-order chi connectivity index (χ0) is 21.9. The van der Waals surface area contributed by atoms with Crippen LogP contribution < -0.4 is 10.5 Å². The predicted octanol–water partition coefficient (Wildman–Crippen LogP) is 3.89. The lowest BCUT2D eigenvalue weighted by Crippen LogP contribution is -2.28. The molecule has 2 aromatic rings. The van der Waals surface area contributed by atoms with Gasteiger partial charge in [-0.05, 0) is 0 Å². The molecular formula is C15H7Cl2F5N4O3. The van der Waals surface area contributed by atoms with E-state index >= 15 is 0 Å². The fourth-order valence-corrected chi connectivity index (χ4v) is 3.56. The minimum atomic E-state index is -5.04. The third-order valence-corrected chi connectivity index (χ3v) is 4.82. The van der Waals surface area contributed by atoms with Gasteiger partial charge >= 0.3 is 12.3 Å².